The third kappa shape index (κ3) is 5.24. The van der Waals surface area contributed by atoms with E-state index >= 15 is 0 Å². The Morgan fingerprint density at radius 3 is 2.19 bits per heavy atom. The molecule has 0 saturated carbocycles. The minimum atomic E-state index is 0.0658. The van der Waals surface area contributed by atoms with Gasteiger partial charge in [-0.15, -0.1) is 0 Å². The Hall–Kier alpha value is -1.80. The number of hydrogen-bond donors (Lipinski definition) is 1. The Kier molecular flexibility index (Phi) is 5.82. The van der Waals surface area contributed by atoms with Crippen LogP contribution in [0.1, 0.15) is 38.0 Å². The van der Waals surface area contributed by atoms with Gasteiger partial charge in [0.2, 0.25) is 0 Å². The molecule has 0 aliphatic heterocycles. The van der Waals surface area contributed by atoms with Crippen molar-refractivity contribution in [2.75, 3.05) is 6.54 Å². The van der Waals surface area contributed by atoms with E-state index in [0.717, 1.165) is 18.8 Å². The maximum atomic E-state index is 5.98. The first-order chi connectivity index (χ1) is 10.1. The molecular formula is C19H25NO. The lowest BCUT2D eigenvalue weighted by Gasteiger charge is -2.15. The number of rotatable bonds is 7. The molecule has 1 atom stereocenters. The van der Waals surface area contributed by atoms with Crippen LogP contribution in [0.25, 0.3) is 0 Å². The molecule has 2 aromatic carbocycles. The minimum Gasteiger partial charge on any atom is -0.486 e. The second kappa shape index (κ2) is 7.84. The highest BCUT2D eigenvalue weighted by molar-refractivity contribution is 5.28. The zero-order chi connectivity index (χ0) is 15.1. The average molecular weight is 283 g/mol. The summed E-state index contributed by atoms with van der Waals surface area (Å²) in [4.78, 5) is 0. The van der Waals surface area contributed by atoms with Crippen LogP contribution in [0.2, 0.25) is 0 Å². The van der Waals surface area contributed by atoms with E-state index in [1.165, 1.54) is 11.1 Å². The van der Waals surface area contributed by atoms with E-state index in [2.05, 4.69) is 50.4 Å². The summed E-state index contributed by atoms with van der Waals surface area (Å²) < 4.78 is 5.98. The molecule has 2 nitrogen and oxygen atoms in total. The summed E-state index contributed by atoms with van der Waals surface area (Å²) in [6, 6.07) is 18.6. The molecule has 0 heterocycles. The van der Waals surface area contributed by atoms with Gasteiger partial charge >= 0.3 is 0 Å². The van der Waals surface area contributed by atoms with Crippen LogP contribution in [-0.4, -0.2) is 6.54 Å². The Morgan fingerprint density at radius 2 is 1.57 bits per heavy atom. The molecule has 0 amide bonds. The SMILES string of the molecule is CC(C)CNCc1ccc(OC(C)c2ccccc2)cc1. The third-order valence-corrected chi connectivity index (χ3v) is 3.39. The van der Waals surface area contributed by atoms with Gasteiger partial charge in [0, 0.05) is 6.54 Å². The van der Waals surface area contributed by atoms with Gasteiger partial charge in [-0.25, -0.2) is 0 Å². The topological polar surface area (TPSA) is 21.3 Å². The second-order valence-electron chi connectivity index (χ2n) is 5.84. The van der Waals surface area contributed by atoms with Crippen molar-refractivity contribution in [2.45, 2.75) is 33.4 Å². The Bertz CT molecular complexity index is 519. The van der Waals surface area contributed by atoms with E-state index in [1.807, 2.05) is 30.3 Å². The maximum absolute atomic E-state index is 5.98. The monoisotopic (exact) mass is 283 g/mol. The van der Waals surface area contributed by atoms with Gasteiger partial charge in [-0.3, -0.25) is 0 Å². The summed E-state index contributed by atoms with van der Waals surface area (Å²) in [7, 11) is 0. The molecule has 2 aromatic rings. The summed E-state index contributed by atoms with van der Waals surface area (Å²) in [5, 5.41) is 3.45. The molecule has 0 aliphatic carbocycles. The van der Waals surface area contributed by atoms with Crippen molar-refractivity contribution in [3.63, 3.8) is 0 Å². The van der Waals surface area contributed by atoms with E-state index in [9.17, 15) is 0 Å². The first-order valence-electron chi connectivity index (χ1n) is 7.66. The standard InChI is InChI=1S/C19H25NO/c1-15(2)13-20-14-17-9-11-19(12-10-17)21-16(3)18-7-5-4-6-8-18/h4-12,15-16,20H,13-14H2,1-3H3. The fourth-order valence-corrected chi connectivity index (χ4v) is 2.19. The molecule has 0 saturated heterocycles. The molecule has 0 spiro atoms. The number of hydrogen-bond acceptors (Lipinski definition) is 2. The molecule has 1 unspecified atom stereocenters. The van der Waals surface area contributed by atoms with Crippen molar-refractivity contribution >= 4 is 0 Å². The van der Waals surface area contributed by atoms with Crippen molar-refractivity contribution in [3.05, 3.63) is 65.7 Å². The van der Waals surface area contributed by atoms with Gasteiger partial charge in [0.1, 0.15) is 11.9 Å². The van der Waals surface area contributed by atoms with E-state index in [4.69, 9.17) is 4.74 Å². The van der Waals surface area contributed by atoms with Crippen LogP contribution in [0.4, 0.5) is 0 Å². The van der Waals surface area contributed by atoms with Crippen LogP contribution in [0, 0.1) is 5.92 Å². The predicted molar refractivity (Wildman–Crippen MR) is 88.5 cm³/mol. The summed E-state index contributed by atoms with van der Waals surface area (Å²) in [6.07, 6.45) is 0.0658. The van der Waals surface area contributed by atoms with Crippen molar-refractivity contribution in [2.24, 2.45) is 5.92 Å². The van der Waals surface area contributed by atoms with Gasteiger partial charge in [0.15, 0.2) is 0 Å². The Morgan fingerprint density at radius 1 is 0.905 bits per heavy atom. The van der Waals surface area contributed by atoms with Gasteiger partial charge in [-0.05, 0) is 42.6 Å². The third-order valence-electron chi connectivity index (χ3n) is 3.39. The molecule has 112 valence electrons. The highest BCUT2D eigenvalue weighted by Gasteiger charge is 2.06. The number of benzene rings is 2. The average Bonchev–Trinajstić information content (AvgIpc) is 2.49. The largest absolute Gasteiger partial charge is 0.486 e. The molecular weight excluding hydrogens is 258 g/mol. The molecule has 21 heavy (non-hydrogen) atoms. The van der Waals surface area contributed by atoms with Gasteiger partial charge in [-0.2, -0.15) is 0 Å². The second-order valence-corrected chi connectivity index (χ2v) is 5.84. The first kappa shape index (κ1) is 15.6. The maximum Gasteiger partial charge on any atom is 0.121 e. The van der Waals surface area contributed by atoms with Gasteiger partial charge in [0.25, 0.3) is 0 Å². The van der Waals surface area contributed by atoms with E-state index in [1.54, 1.807) is 0 Å². The summed E-state index contributed by atoms with van der Waals surface area (Å²) >= 11 is 0. The molecule has 1 N–H and O–H groups in total. The van der Waals surface area contributed by atoms with Crippen LogP contribution >= 0.6 is 0 Å². The first-order valence-corrected chi connectivity index (χ1v) is 7.66. The normalized spacial score (nSPS) is 12.4. The zero-order valence-electron chi connectivity index (χ0n) is 13.2. The van der Waals surface area contributed by atoms with Crippen LogP contribution in [0.3, 0.4) is 0 Å². The van der Waals surface area contributed by atoms with Crippen LogP contribution in [-0.2, 0) is 6.54 Å². The van der Waals surface area contributed by atoms with Gasteiger partial charge in [-0.1, -0.05) is 56.3 Å². The van der Waals surface area contributed by atoms with E-state index in [0.29, 0.717) is 5.92 Å². The molecule has 0 fully saturated rings. The van der Waals surface area contributed by atoms with Crippen LogP contribution in [0.15, 0.2) is 54.6 Å². The van der Waals surface area contributed by atoms with Crippen molar-refractivity contribution < 1.29 is 4.74 Å². The summed E-state index contributed by atoms with van der Waals surface area (Å²) in [6.45, 7) is 8.47. The summed E-state index contributed by atoms with van der Waals surface area (Å²) in [5.41, 5.74) is 2.48. The lowest BCUT2D eigenvalue weighted by Crippen LogP contribution is -2.18. The number of nitrogens with one attached hydrogen (secondary N) is 1. The van der Waals surface area contributed by atoms with E-state index < -0.39 is 0 Å². The lowest BCUT2D eigenvalue weighted by molar-refractivity contribution is 0.227. The molecule has 2 rings (SSSR count). The Labute approximate surface area is 128 Å². The molecule has 0 radical (unpaired) electrons. The minimum absolute atomic E-state index is 0.0658. The fraction of sp³-hybridized carbons (Fsp3) is 0.368. The molecule has 0 bridgehead atoms. The fourth-order valence-electron chi connectivity index (χ4n) is 2.19. The van der Waals surface area contributed by atoms with E-state index in [-0.39, 0.29) is 6.10 Å². The quantitative estimate of drug-likeness (QED) is 0.803. The zero-order valence-corrected chi connectivity index (χ0v) is 13.2. The van der Waals surface area contributed by atoms with Gasteiger partial charge in [0.05, 0.1) is 0 Å². The van der Waals surface area contributed by atoms with Crippen LogP contribution in [0.5, 0.6) is 5.75 Å². The molecule has 2 heteroatoms. The predicted octanol–water partition coefficient (Wildman–Crippen LogP) is 4.57. The lowest BCUT2D eigenvalue weighted by atomic mass is 10.1. The van der Waals surface area contributed by atoms with Crippen LogP contribution < -0.4 is 10.1 Å². The van der Waals surface area contributed by atoms with Crippen molar-refractivity contribution in [1.82, 2.24) is 5.32 Å². The highest BCUT2D eigenvalue weighted by atomic mass is 16.5. The summed E-state index contributed by atoms with van der Waals surface area (Å²) in [5.74, 6) is 1.60. The Balaban J connectivity index is 1.87. The smallest absolute Gasteiger partial charge is 0.121 e. The molecule has 0 aliphatic rings. The van der Waals surface area contributed by atoms with Crippen molar-refractivity contribution in [3.8, 4) is 5.75 Å². The van der Waals surface area contributed by atoms with Crippen molar-refractivity contribution in [1.29, 1.82) is 0 Å². The van der Waals surface area contributed by atoms with Gasteiger partial charge < -0.3 is 10.1 Å². The highest BCUT2D eigenvalue weighted by Crippen LogP contribution is 2.21. The number of ether oxygens (including phenoxy) is 1. The molecule has 0 aromatic heterocycles.